The molecule has 0 aromatic heterocycles. The van der Waals surface area contributed by atoms with E-state index in [-0.39, 0.29) is 12.1 Å². The molecule has 0 amide bonds. The number of esters is 1. The Morgan fingerprint density at radius 1 is 1.41 bits per heavy atom. The smallest absolute Gasteiger partial charge is 0.373 e. The Bertz CT molecular complexity index is 535. The average molecular weight is 305 g/mol. The van der Waals surface area contributed by atoms with E-state index in [0.29, 0.717) is 5.56 Å². The lowest BCUT2D eigenvalue weighted by Gasteiger charge is -2.34. The summed E-state index contributed by atoms with van der Waals surface area (Å²) < 4.78 is 4.88. The van der Waals surface area contributed by atoms with E-state index in [1.165, 1.54) is 25.6 Å². The maximum absolute atomic E-state index is 11.9. The molecule has 1 aromatic carbocycles. The van der Waals surface area contributed by atoms with E-state index in [1.54, 1.807) is 0 Å². The molecule has 1 aliphatic heterocycles. The van der Waals surface area contributed by atoms with Crippen LogP contribution in [0.25, 0.3) is 0 Å². The summed E-state index contributed by atoms with van der Waals surface area (Å²) in [5.74, 6) is 0.490. The van der Waals surface area contributed by atoms with E-state index in [1.807, 2.05) is 12.1 Å². The monoisotopic (exact) mass is 305 g/mol. The molecule has 1 aliphatic rings. The van der Waals surface area contributed by atoms with Gasteiger partial charge in [-0.15, -0.1) is 0 Å². The Kier molecular flexibility index (Phi) is 7.33. The van der Waals surface area contributed by atoms with Gasteiger partial charge in [-0.25, -0.2) is 4.79 Å². The Hall–Kier alpha value is -2.13. The molecule has 1 saturated heterocycles. The van der Waals surface area contributed by atoms with Crippen molar-refractivity contribution >= 4 is 17.8 Å². The van der Waals surface area contributed by atoms with Gasteiger partial charge in [-0.05, 0) is 42.9 Å². The molecule has 0 bridgehead atoms. The lowest BCUT2D eigenvalue weighted by atomic mass is 9.96. The molecule has 1 atom stereocenters. The standard InChI is InChI=1S/C16H23NO2.CO2/c1-4-13-14(16(18)19-3)8-5-9-15(13)17-10-6-7-12(2)11-17;2-1-3/h5,8-9,12H,4,6-7,10-11H2,1-3H3;. The van der Waals surface area contributed by atoms with Crippen LogP contribution in [-0.2, 0) is 20.7 Å². The largest absolute Gasteiger partial charge is 0.465 e. The highest BCUT2D eigenvalue weighted by Gasteiger charge is 2.21. The van der Waals surface area contributed by atoms with E-state index < -0.39 is 0 Å². The van der Waals surface area contributed by atoms with Gasteiger partial charge in [0.25, 0.3) is 0 Å². The molecule has 1 heterocycles. The van der Waals surface area contributed by atoms with Crippen molar-refractivity contribution in [1.29, 1.82) is 0 Å². The van der Waals surface area contributed by atoms with Crippen LogP contribution in [0, 0.1) is 5.92 Å². The van der Waals surface area contributed by atoms with Crippen LogP contribution in [0.2, 0.25) is 0 Å². The van der Waals surface area contributed by atoms with Gasteiger partial charge in [-0.3, -0.25) is 0 Å². The third-order valence-electron chi connectivity index (χ3n) is 3.91. The van der Waals surface area contributed by atoms with Gasteiger partial charge in [0.15, 0.2) is 0 Å². The summed E-state index contributed by atoms with van der Waals surface area (Å²) in [4.78, 5) is 30.5. The van der Waals surface area contributed by atoms with E-state index in [4.69, 9.17) is 14.3 Å². The number of piperidine rings is 1. The number of anilines is 1. The minimum Gasteiger partial charge on any atom is -0.465 e. The van der Waals surface area contributed by atoms with Crippen molar-refractivity contribution in [2.75, 3.05) is 25.1 Å². The Morgan fingerprint density at radius 3 is 2.64 bits per heavy atom. The van der Waals surface area contributed by atoms with Crippen LogP contribution < -0.4 is 4.90 Å². The minimum atomic E-state index is -0.233. The van der Waals surface area contributed by atoms with E-state index in [9.17, 15) is 4.79 Å². The molecule has 5 heteroatoms. The first kappa shape index (κ1) is 17.9. The number of hydrogen-bond acceptors (Lipinski definition) is 5. The summed E-state index contributed by atoms with van der Waals surface area (Å²) in [6.45, 7) is 6.56. The fourth-order valence-electron chi connectivity index (χ4n) is 2.95. The summed E-state index contributed by atoms with van der Waals surface area (Å²) >= 11 is 0. The number of benzene rings is 1. The van der Waals surface area contributed by atoms with E-state index in [0.717, 1.165) is 31.0 Å². The number of rotatable bonds is 3. The Balaban J connectivity index is 0.000000745. The quantitative estimate of drug-likeness (QED) is 0.803. The lowest BCUT2D eigenvalue weighted by Crippen LogP contribution is -2.35. The van der Waals surface area contributed by atoms with Crippen LogP contribution in [0.3, 0.4) is 0 Å². The van der Waals surface area contributed by atoms with Crippen molar-refractivity contribution in [2.45, 2.75) is 33.1 Å². The predicted octanol–water partition coefficient (Wildman–Crippen LogP) is 2.69. The van der Waals surface area contributed by atoms with Crippen molar-refractivity contribution in [1.82, 2.24) is 0 Å². The number of ether oxygens (including phenoxy) is 1. The lowest BCUT2D eigenvalue weighted by molar-refractivity contribution is -0.191. The van der Waals surface area contributed by atoms with Crippen LogP contribution in [0.15, 0.2) is 18.2 Å². The second kappa shape index (κ2) is 9.00. The molecule has 22 heavy (non-hydrogen) atoms. The number of nitrogens with zero attached hydrogens (tertiary/aromatic N) is 1. The van der Waals surface area contributed by atoms with Gasteiger partial charge < -0.3 is 9.64 Å². The second-order valence-electron chi connectivity index (χ2n) is 5.43. The first-order valence-corrected chi connectivity index (χ1v) is 7.53. The molecule has 0 spiro atoms. The topological polar surface area (TPSA) is 63.7 Å². The molecule has 0 aliphatic carbocycles. The fraction of sp³-hybridized carbons (Fsp3) is 0.529. The maximum atomic E-state index is 11.9. The highest BCUT2D eigenvalue weighted by molar-refractivity contribution is 5.93. The van der Waals surface area contributed by atoms with Crippen LogP contribution in [0.1, 0.15) is 42.6 Å². The maximum Gasteiger partial charge on any atom is 0.373 e. The highest BCUT2D eigenvalue weighted by atomic mass is 16.5. The number of carbonyl (C=O) groups is 1. The van der Waals surface area contributed by atoms with Crippen LogP contribution in [-0.4, -0.2) is 32.3 Å². The van der Waals surface area contributed by atoms with Gasteiger partial charge in [0.05, 0.1) is 12.7 Å². The average Bonchev–Trinajstić information content (AvgIpc) is 2.54. The van der Waals surface area contributed by atoms with Crippen molar-refractivity contribution in [3.05, 3.63) is 29.3 Å². The first-order valence-electron chi connectivity index (χ1n) is 7.53. The van der Waals surface area contributed by atoms with Gasteiger partial charge in [-0.2, -0.15) is 9.59 Å². The molecule has 0 saturated carbocycles. The third kappa shape index (κ3) is 4.43. The summed E-state index contributed by atoms with van der Waals surface area (Å²) in [7, 11) is 1.44. The van der Waals surface area contributed by atoms with E-state index in [2.05, 4.69) is 24.8 Å². The predicted molar refractivity (Wildman–Crippen MR) is 82.8 cm³/mol. The molecule has 120 valence electrons. The minimum absolute atomic E-state index is 0.233. The second-order valence-corrected chi connectivity index (χ2v) is 5.43. The van der Waals surface area contributed by atoms with Crippen LogP contribution in [0.4, 0.5) is 5.69 Å². The zero-order chi connectivity index (χ0) is 16.5. The fourth-order valence-corrected chi connectivity index (χ4v) is 2.95. The number of methoxy groups -OCH3 is 1. The van der Waals surface area contributed by atoms with Gasteiger partial charge in [0, 0.05) is 18.8 Å². The number of hydrogen-bond donors (Lipinski definition) is 0. The molecule has 0 N–H and O–H groups in total. The Morgan fingerprint density at radius 2 is 2.09 bits per heavy atom. The molecule has 5 nitrogen and oxygen atoms in total. The summed E-state index contributed by atoms with van der Waals surface area (Å²) in [5.41, 5.74) is 3.03. The van der Waals surface area contributed by atoms with E-state index >= 15 is 0 Å². The van der Waals surface area contributed by atoms with Gasteiger partial charge in [0.1, 0.15) is 0 Å². The molecule has 1 fully saturated rings. The molecular weight excluding hydrogens is 282 g/mol. The number of carbonyl (C=O) groups excluding carboxylic acids is 3. The van der Waals surface area contributed by atoms with Crippen LogP contribution in [0.5, 0.6) is 0 Å². The van der Waals surface area contributed by atoms with Crippen molar-refractivity contribution < 1.29 is 19.1 Å². The molecule has 1 aromatic rings. The van der Waals surface area contributed by atoms with Gasteiger partial charge >= 0.3 is 12.1 Å². The normalized spacial score (nSPS) is 17.0. The van der Waals surface area contributed by atoms with Crippen molar-refractivity contribution in [3.8, 4) is 0 Å². The van der Waals surface area contributed by atoms with Crippen molar-refractivity contribution in [2.24, 2.45) is 5.92 Å². The van der Waals surface area contributed by atoms with Crippen molar-refractivity contribution in [3.63, 3.8) is 0 Å². The summed E-state index contributed by atoms with van der Waals surface area (Å²) in [5, 5.41) is 0. The highest BCUT2D eigenvalue weighted by Crippen LogP contribution is 2.29. The zero-order valence-corrected chi connectivity index (χ0v) is 13.4. The molecule has 0 radical (unpaired) electrons. The molecule has 1 unspecified atom stereocenters. The molecular formula is C17H23NO4. The van der Waals surface area contributed by atoms with Gasteiger partial charge in [-0.1, -0.05) is 19.9 Å². The Labute approximate surface area is 131 Å². The SMILES string of the molecule is CCc1c(C(=O)OC)cccc1N1CCCC(C)C1.O=C=O. The van der Waals surface area contributed by atoms with Crippen LogP contribution >= 0.6 is 0 Å². The first-order chi connectivity index (χ1) is 10.6. The summed E-state index contributed by atoms with van der Waals surface area (Å²) in [6, 6.07) is 5.95. The molecule has 2 rings (SSSR count). The zero-order valence-electron chi connectivity index (χ0n) is 13.4. The summed E-state index contributed by atoms with van der Waals surface area (Å²) in [6.07, 6.45) is 3.63. The van der Waals surface area contributed by atoms with Gasteiger partial charge in [0.2, 0.25) is 0 Å². The third-order valence-corrected chi connectivity index (χ3v) is 3.91.